The molecule has 0 aromatic heterocycles. The number of piperidine rings is 1. The van der Waals surface area contributed by atoms with Crippen LogP contribution in [0.2, 0.25) is 0 Å². The van der Waals surface area contributed by atoms with Crippen LogP contribution in [0.1, 0.15) is 85.3 Å². The summed E-state index contributed by atoms with van der Waals surface area (Å²) < 4.78 is 19.1. The van der Waals surface area contributed by atoms with Crippen molar-refractivity contribution < 1.29 is 19.0 Å². The van der Waals surface area contributed by atoms with Gasteiger partial charge in [0, 0.05) is 30.0 Å². The fourth-order valence-electron chi connectivity index (χ4n) is 5.85. The number of nitrogens with zero attached hydrogens (tertiary/aromatic N) is 1. The van der Waals surface area contributed by atoms with Crippen LogP contribution in [-0.2, 0) is 9.47 Å². The van der Waals surface area contributed by atoms with Gasteiger partial charge in [-0.05, 0) is 79.7 Å². The van der Waals surface area contributed by atoms with E-state index in [1.165, 1.54) is 5.57 Å². The summed E-state index contributed by atoms with van der Waals surface area (Å²) in [7, 11) is 0. The van der Waals surface area contributed by atoms with Crippen LogP contribution in [0.4, 0.5) is 4.79 Å². The summed E-state index contributed by atoms with van der Waals surface area (Å²) in [5, 5.41) is 0. The molecule has 33 heavy (non-hydrogen) atoms. The highest BCUT2D eigenvalue weighted by molar-refractivity contribution is 5.68. The first-order valence-electron chi connectivity index (χ1n) is 12.5. The van der Waals surface area contributed by atoms with Gasteiger partial charge in [-0.15, -0.1) is 0 Å². The van der Waals surface area contributed by atoms with Gasteiger partial charge in [-0.3, -0.25) is 0 Å². The predicted molar refractivity (Wildman–Crippen MR) is 130 cm³/mol. The van der Waals surface area contributed by atoms with Crippen molar-refractivity contribution in [1.29, 1.82) is 0 Å². The number of amides is 1. The van der Waals surface area contributed by atoms with Gasteiger partial charge in [-0.2, -0.15) is 0 Å². The Morgan fingerprint density at radius 2 is 2.03 bits per heavy atom. The Morgan fingerprint density at radius 3 is 2.76 bits per heavy atom. The van der Waals surface area contributed by atoms with E-state index in [1.54, 1.807) is 0 Å². The lowest BCUT2D eigenvalue weighted by Gasteiger charge is -2.55. The van der Waals surface area contributed by atoms with E-state index < -0.39 is 5.60 Å². The van der Waals surface area contributed by atoms with Gasteiger partial charge in [-0.25, -0.2) is 4.79 Å². The number of hydrogen-bond donors (Lipinski definition) is 0. The molecule has 3 heterocycles. The SMILES string of the molecule is CC(C)=CCC[C@@]1(C)Oc2ccccc2[C@H]2OC[C@]3(CCCN(C(=O)OC(C)(C)C)C3)C[C@@H]21. The number of hydrogen-bond acceptors (Lipinski definition) is 4. The van der Waals surface area contributed by atoms with Crippen molar-refractivity contribution in [2.75, 3.05) is 19.7 Å². The second-order valence-corrected chi connectivity index (χ2v) is 11.8. The third kappa shape index (κ3) is 5.24. The lowest BCUT2D eigenvalue weighted by atomic mass is 9.64. The summed E-state index contributed by atoms with van der Waals surface area (Å²) >= 11 is 0. The summed E-state index contributed by atoms with van der Waals surface area (Å²) in [6.45, 7) is 14.4. The van der Waals surface area contributed by atoms with Gasteiger partial charge in [0.25, 0.3) is 0 Å². The zero-order chi connectivity index (χ0) is 23.9. The molecule has 3 aliphatic heterocycles. The topological polar surface area (TPSA) is 48.0 Å². The first-order chi connectivity index (χ1) is 15.5. The summed E-state index contributed by atoms with van der Waals surface area (Å²) in [6, 6.07) is 8.33. The van der Waals surface area contributed by atoms with Crippen molar-refractivity contribution in [3.05, 3.63) is 41.5 Å². The molecule has 0 saturated carbocycles. The molecule has 1 aromatic rings. The van der Waals surface area contributed by atoms with Crippen LogP contribution < -0.4 is 4.74 Å². The number of likely N-dealkylation sites (tertiary alicyclic amines) is 1. The fourth-order valence-corrected chi connectivity index (χ4v) is 5.85. The van der Waals surface area contributed by atoms with Gasteiger partial charge >= 0.3 is 6.09 Å². The number of allylic oxidation sites excluding steroid dienone is 2. The van der Waals surface area contributed by atoms with E-state index in [-0.39, 0.29) is 29.1 Å². The molecule has 182 valence electrons. The monoisotopic (exact) mass is 455 g/mol. The van der Waals surface area contributed by atoms with Crippen LogP contribution >= 0.6 is 0 Å². The molecular formula is C28H41NO4. The minimum atomic E-state index is -0.486. The lowest BCUT2D eigenvalue weighted by molar-refractivity contribution is -0.180. The quantitative estimate of drug-likeness (QED) is 0.477. The normalized spacial score (nSPS) is 31.3. The average molecular weight is 456 g/mol. The highest BCUT2D eigenvalue weighted by atomic mass is 16.6. The Labute approximate surface area is 199 Å². The van der Waals surface area contributed by atoms with Crippen LogP contribution in [0.15, 0.2) is 35.9 Å². The van der Waals surface area contributed by atoms with Crippen molar-refractivity contribution in [2.24, 2.45) is 11.3 Å². The van der Waals surface area contributed by atoms with Crippen molar-refractivity contribution in [2.45, 2.75) is 91.0 Å². The number of ether oxygens (including phenoxy) is 3. The minimum Gasteiger partial charge on any atom is -0.487 e. The Bertz CT molecular complexity index is 899. The molecule has 0 radical (unpaired) electrons. The van der Waals surface area contributed by atoms with Crippen LogP contribution in [0.3, 0.4) is 0 Å². The van der Waals surface area contributed by atoms with Crippen molar-refractivity contribution in [3.63, 3.8) is 0 Å². The Morgan fingerprint density at radius 1 is 1.27 bits per heavy atom. The van der Waals surface area contributed by atoms with Gasteiger partial charge in [0.2, 0.25) is 0 Å². The molecule has 4 atom stereocenters. The standard InChI is InChI=1S/C28H41NO4/c1-20(2)11-9-14-27(6)22-17-28(15-10-16-29(18-28)25(30)33-26(3,4)5)19-31-24(22)21-12-7-8-13-23(21)32-27/h7-8,11-13,22,24H,9-10,14-19H2,1-6H3/t22-,24+,27+,28+/m0/s1. The molecule has 1 amide bonds. The molecule has 1 spiro atoms. The molecule has 0 N–H and O–H groups in total. The number of carbonyl (C=O) groups is 1. The van der Waals surface area contributed by atoms with Crippen molar-refractivity contribution >= 4 is 6.09 Å². The van der Waals surface area contributed by atoms with E-state index in [2.05, 4.69) is 45.0 Å². The van der Waals surface area contributed by atoms with Gasteiger partial charge in [-0.1, -0.05) is 29.8 Å². The molecule has 5 heteroatoms. The zero-order valence-electron chi connectivity index (χ0n) is 21.3. The Hall–Kier alpha value is -2.01. The zero-order valence-corrected chi connectivity index (χ0v) is 21.3. The highest BCUT2D eigenvalue weighted by Crippen LogP contribution is 2.56. The molecule has 1 aromatic carbocycles. The summed E-state index contributed by atoms with van der Waals surface area (Å²) in [5.41, 5.74) is 1.65. The van der Waals surface area contributed by atoms with Gasteiger partial charge in [0.05, 0.1) is 12.7 Å². The fraction of sp³-hybridized carbons (Fsp3) is 0.679. The molecule has 0 unspecified atom stereocenters. The van der Waals surface area contributed by atoms with Gasteiger partial charge in [0.15, 0.2) is 0 Å². The number of rotatable bonds is 3. The first kappa shape index (κ1) is 24.1. The third-order valence-electron chi connectivity index (χ3n) is 7.45. The molecular weight excluding hydrogens is 414 g/mol. The summed E-state index contributed by atoms with van der Waals surface area (Å²) in [4.78, 5) is 14.7. The second kappa shape index (κ2) is 8.98. The molecule has 2 fully saturated rings. The third-order valence-corrected chi connectivity index (χ3v) is 7.45. The van der Waals surface area contributed by atoms with Gasteiger partial charge < -0.3 is 19.1 Å². The van der Waals surface area contributed by atoms with Crippen LogP contribution in [0.25, 0.3) is 0 Å². The number of fused-ring (bicyclic) bond motifs is 3. The largest absolute Gasteiger partial charge is 0.487 e. The number of carbonyl (C=O) groups excluding carboxylic acids is 1. The van der Waals surface area contributed by atoms with E-state index in [9.17, 15) is 4.79 Å². The maximum absolute atomic E-state index is 12.9. The summed E-state index contributed by atoms with van der Waals surface area (Å²) in [6.07, 6.45) is 7.11. The molecule has 0 aliphatic carbocycles. The maximum Gasteiger partial charge on any atom is 0.410 e. The lowest BCUT2D eigenvalue weighted by Crippen LogP contribution is -2.57. The van der Waals surface area contributed by atoms with Crippen LogP contribution in [0, 0.1) is 11.3 Å². The van der Waals surface area contributed by atoms with Crippen molar-refractivity contribution in [3.8, 4) is 5.75 Å². The number of benzene rings is 1. The van der Waals surface area contributed by atoms with E-state index >= 15 is 0 Å². The molecule has 0 bridgehead atoms. The van der Waals surface area contributed by atoms with Crippen molar-refractivity contribution in [1.82, 2.24) is 4.90 Å². The molecule has 3 aliphatic rings. The van der Waals surface area contributed by atoms with E-state index in [0.29, 0.717) is 13.2 Å². The predicted octanol–water partition coefficient (Wildman–Crippen LogP) is 6.68. The summed E-state index contributed by atoms with van der Waals surface area (Å²) in [5.74, 6) is 1.19. The Balaban J connectivity index is 1.59. The van der Waals surface area contributed by atoms with E-state index in [4.69, 9.17) is 14.2 Å². The molecule has 5 nitrogen and oxygen atoms in total. The van der Waals surface area contributed by atoms with Gasteiger partial charge in [0.1, 0.15) is 17.0 Å². The number of para-hydroxylation sites is 1. The maximum atomic E-state index is 12.9. The van der Waals surface area contributed by atoms with E-state index in [0.717, 1.165) is 50.0 Å². The molecule has 2 saturated heterocycles. The minimum absolute atomic E-state index is 0.0363. The second-order valence-electron chi connectivity index (χ2n) is 11.8. The van der Waals surface area contributed by atoms with E-state index in [1.807, 2.05) is 31.7 Å². The molecule has 4 rings (SSSR count). The van der Waals surface area contributed by atoms with Crippen LogP contribution in [0.5, 0.6) is 5.75 Å². The smallest absolute Gasteiger partial charge is 0.410 e. The highest BCUT2D eigenvalue weighted by Gasteiger charge is 2.54. The average Bonchev–Trinajstić information content (AvgIpc) is 2.73. The Kier molecular flexibility index (Phi) is 6.56. The van der Waals surface area contributed by atoms with Crippen LogP contribution in [-0.4, -0.2) is 41.9 Å². The first-order valence-corrected chi connectivity index (χ1v) is 12.5.